The van der Waals surface area contributed by atoms with Crippen LogP contribution in [-0.4, -0.2) is 15.9 Å². The summed E-state index contributed by atoms with van der Waals surface area (Å²) < 4.78 is 12.6. The molecule has 0 unspecified atom stereocenters. The van der Waals surface area contributed by atoms with Crippen molar-refractivity contribution in [3.63, 3.8) is 0 Å². The third-order valence-corrected chi connectivity index (χ3v) is 2.05. The van der Waals surface area contributed by atoms with Crippen LogP contribution in [0.3, 0.4) is 0 Å². The zero-order valence-corrected chi connectivity index (χ0v) is 8.62. The Kier molecular flexibility index (Phi) is 2.68. The molecule has 2 rings (SSSR count). The van der Waals surface area contributed by atoms with Crippen molar-refractivity contribution >= 4 is 11.6 Å². The monoisotopic (exact) mass is 219 g/mol. The molecule has 0 atom stereocenters. The lowest BCUT2D eigenvalue weighted by Gasteiger charge is -2.02. The number of aryl methyl sites for hydroxylation is 1. The number of rotatable bonds is 2. The molecule has 4 nitrogen and oxygen atoms in total. The topological polar surface area (TPSA) is 57.8 Å². The fourth-order valence-corrected chi connectivity index (χ4v) is 1.27. The summed E-state index contributed by atoms with van der Waals surface area (Å²) in [5, 5.41) is 2.62. The van der Waals surface area contributed by atoms with Gasteiger partial charge in [-0.3, -0.25) is 4.79 Å². The van der Waals surface area contributed by atoms with Crippen LogP contribution in [0.5, 0.6) is 0 Å². The first kappa shape index (κ1) is 10.4. The molecule has 16 heavy (non-hydrogen) atoms. The zero-order chi connectivity index (χ0) is 11.5. The van der Waals surface area contributed by atoms with Crippen LogP contribution in [0.2, 0.25) is 0 Å². The van der Waals surface area contributed by atoms with Crippen LogP contribution in [0.1, 0.15) is 16.3 Å². The van der Waals surface area contributed by atoms with Crippen molar-refractivity contribution in [2.75, 3.05) is 5.32 Å². The van der Waals surface area contributed by atoms with Gasteiger partial charge in [-0.1, -0.05) is 0 Å². The summed E-state index contributed by atoms with van der Waals surface area (Å²) in [5.74, 6) is 0.0341. The molecule has 0 aliphatic heterocycles. The maximum atomic E-state index is 12.6. The van der Waals surface area contributed by atoms with Crippen LogP contribution in [-0.2, 0) is 0 Å². The van der Waals surface area contributed by atoms with Gasteiger partial charge in [0.15, 0.2) is 0 Å². The Balaban J connectivity index is 2.10. The number of nitrogens with zero attached hydrogens (tertiary/aromatic N) is 1. The number of imidazole rings is 1. The number of benzene rings is 1. The van der Waals surface area contributed by atoms with E-state index in [0.29, 0.717) is 17.2 Å². The molecule has 1 heterocycles. The number of hydrogen-bond donors (Lipinski definition) is 2. The first-order valence-electron chi connectivity index (χ1n) is 4.73. The van der Waals surface area contributed by atoms with Gasteiger partial charge in [-0.2, -0.15) is 0 Å². The molecule has 0 saturated carbocycles. The number of H-pyrrole nitrogens is 1. The van der Waals surface area contributed by atoms with Gasteiger partial charge in [0.2, 0.25) is 0 Å². The van der Waals surface area contributed by atoms with Crippen LogP contribution < -0.4 is 5.32 Å². The largest absolute Gasteiger partial charge is 0.338 e. The molecule has 2 N–H and O–H groups in total. The molecule has 5 heteroatoms. The van der Waals surface area contributed by atoms with Gasteiger partial charge < -0.3 is 10.3 Å². The Labute approximate surface area is 91.5 Å². The van der Waals surface area contributed by atoms with Gasteiger partial charge in [-0.05, 0) is 31.2 Å². The van der Waals surface area contributed by atoms with Crippen LogP contribution >= 0.6 is 0 Å². The summed E-state index contributed by atoms with van der Waals surface area (Å²) in [5.41, 5.74) is 0.917. The van der Waals surface area contributed by atoms with Gasteiger partial charge in [0.05, 0.1) is 6.20 Å². The standard InChI is InChI=1S/C11H10FN3O/c1-7-13-6-10(14-7)11(16)15-9-4-2-8(12)3-5-9/h2-6H,1H3,(H,13,14)(H,15,16). The highest BCUT2D eigenvalue weighted by Crippen LogP contribution is 2.09. The second kappa shape index (κ2) is 4.14. The van der Waals surface area contributed by atoms with E-state index in [2.05, 4.69) is 15.3 Å². The molecule has 0 saturated heterocycles. The summed E-state index contributed by atoms with van der Waals surface area (Å²) in [6.45, 7) is 1.76. The van der Waals surface area contributed by atoms with E-state index in [9.17, 15) is 9.18 Å². The first-order valence-corrected chi connectivity index (χ1v) is 4.73. The lowest BCUT2D eigenvalue weighted by atomic mass is 10.3. The predicted molar refractivity (Wildman–Crippen MR) is 57.7 cm³/mol. The smallest absolute Gasteiger partial charge is 0.273 e. The molecular formula is C11H10FN3O. The highest BCUT2D eigenvalue weighted by atomic mass is 19.1. The minimum absolute atomic E-state index is 0.299. The molecule has 0 bridgehead atoms. The second-order valence-electron chi connectivity index (χ2n) is 3.34. The summed E-state index contributed by atoms with van der Waals surface area (Å²) in [6, 6.07) is 5.56. The molecule has 1 amide bonds. The third kappa shape index (κ3) is 2.25. The van der Waals surface area contributed by atoms with Gasteiger partial charge in [0.1, 0.15) is 17.3 Å². The van der Waals surface area contributed by atoms with E-state index >= 15 is 0 Å². The minimum atomic E-state index is -0.338. The normalized spacial score (nSPS) is 10.1. The molecule has 1 aromatic carbocycles. The number of amides is 1. The molecule has 82 valence electrons. The minimum Gasteiger partial charge on any atom is -0.338 e. The van der Waals surface area contributed by atoms with E-state index in [1.807, 2.05) is 0 Å². The maximum Gasteiger partial charge on any atom is 0.273 e. The quantitative estimate of drug-likeness (QED) is 0.812. The fourth-order valence-electron chi connectivity index (χ4n) is 1.27. The number of carbonyl (C=O) groups excluding carboxylic acids is 1. The Morgan fingerprint density at radius 3 is 2.62 bits per heavy atom. The summed E-state index contributed by atoms with van der Waals surface area (Å²) in [4.78, 5) is 18.4. The average Bonchev–Trinajstić information content (AvgIpc) is 2.68. The Hall–Kier alpha value is -2.17. The van der Waals surface area contributed by atoms with Gasteiger partial charge in [0.25, 0.3) is 5.91 Å². The lowest BCUT2D eigenvalue weighted by Crippen LogP contribution is -2.12. The van der Waals surface area contributed by atoms with Crippen molar-refractivity contribution in [3.05, 3.63) is 47.8 Å². The Morgan fingerprint density at radius 2 is 2.06 bits per heavy atom. The van der Waals surface area contributed by atoms with E-state index in [0.717, 1.165) is 0 Å². The number of aromatic nitrogens is 2. The second-order valence-corrected chi connectivity index (χ2v) is 3.34. The van der Waals surface area contributed by atoms with E-state index in [4.69, 9.17) is 0 Å². The van der Waals surface area contributed by atoms with Crippen molar-refractivity contribution in [1.29, 1.82) is 0 Å². The van der Waals surface area contributed by atoms with Crippen molar-refractivity contribution in [2.45, 2.75) is 6.92 Å². The van der Waals surface area contributed by atoms with Crippen LogP contribution in [0.4, 0.5) is 10.1 Å². The third-order valence-electron chi connectivity index (χ3n) is 2.05. The molecule has 0 fully saturated rings. The molecule has 0 radical (unpaired) electrons. The summed E-state index contributed by atoms with van der Waals surface area (Å²) >= 11 is 0. The van der Waals surface area contributed by atoms with Gasteiger partial charge in [0, 0.05) is 5.69 Å². The van der Waals surface area contributed by atoms with Crippen molar-refractivity contribution in [1.82, 2.24) is 9.97 Å². The first-order chi connectivity index (χ1) is 7.65. The number of aromatic amines is 1. The van der Waals surface area contributed by atoms with Crippen LogP contribution in [0.25, 0.3) is 0 Å². The molecular weight excluding hydrogens is 209 g/mol. The Bertz CT molecular complexity index is 504. The number of nitrogens with one attached hydrogen (secondary N) is 2. The van der Waals surface area contributed by atoms with E-state index in [1.54, 1.807) is 6.92 Å². The van der Waals surface area contributed by atoms with Crippen LogP contribution in [0, 0.1) is 12.7 Å². The SMILES string of the molecule is Cc1ncc(C(=O)Nc2ccc(F)cc2)[nH]1. The van der Waals surface area contributed by atoms with Gasteiger partial charge >= 0.3 is 0 Å². The number of hydrogen-bond acceptors (Lipinski definition) is 2. The number of carbonyl (C=O) groups is 1. The summed E-state index contributed by atoms with van der Waals surface area (Å²) in [7, 11) is 0. The number of anilines is 1. The maximum absolute atomic E-state index is 12.6. The number of halogens is 1. The highest BCUT2D eigenvalue weighted by molar-refractivity contribution is 6.02. The van der Waals surface area contributed by atoms with Crippen molar-refractivity contribution in [2.24, 2.45) is 0 Å². The molecule has 0 aliphatic carbocycles. The zero-order valence-electron chi connectivity index (χ0n) is 8.62. The molecule has 2 aromatic rings. The molecule has 0 aliphatic rings. The highest BCUT2D eigenvalue weighted by Gasteiger charge is 2.08. The Morgan fingerprint density at radius 1 is 1.38 bits per heavy atom. The molecule has 0 spiro atoms. The van der Waals surface area contributed by atoms with Gasteiger partial charge in [-0.25, -0.2) is 9.37 Å². The molecule has 1 aromatic heterocycles. The van der Waals surface area contributed by atoms with Crippen LogP contribution in [0.15, 0.2) is 30.5 Å². The lowest BCUT2D eigenvalue weighted by molar-refractivity contribution is 0.102. The van der Waals surface area contributed by atoms with E-state index in [1.165, 1.54) is 30.5 Å². The van der Waals surface area contributed by atoms with E-state index < -0.39 is 0 Å². The van der Waals surface area contributed by atoms with Crippen molar-refractivity contribution < 1.29 is 9.18 Å². The van der Waals surface area contributed by atoms with E-state index in [-0.39, 0.29) is 11.7 Å². The fraction of sp³-hybridized carbons (Fsp3) is 0.0909. The summed E-state index contributed by atoms with van der Waals surface area (Å²) in [6.07, 6.45) is 1.45. The average molecular weight is 219 g/mol. The van der Waals surface area contributed by atoms with Gasteiger partial charge in [-0.15, -0.1) is 0 Å². The van der Waals surface area contributed by atoms with Crippen molar-refractivity contribution in [3.8, 4) is 0 Å². The predicted octanol–water partition coefficient (Wildman–Crippen LogP) is 2.11.